The van der Waals surface area contributed by atoms with Gasteiger partial charge in [-0.25, -0.2) is 0 Å². The highest BCUT2D eigenvalue weighted by atomic mass is 16.8. The molecule has 38 heavy (non-hydrogen) atoms. The Bertz CT molecular complexity index is 1120. The first-order chi connectivity index (χ1) is 18.2. The first-order valence-electron chi connectivity index (χ1n) is 13.5. The zero-order valence-corrected chi connectivity index (χ0v) is 22.4. The number of rotatable bonds is 6. The number of carbonyl (C=O) groups excluding carboxylic acids is 1. The Morgan fingerprint density at radius 2 is 1.61 bits per heavy atom. The molecule has 4 heterocycles. The molecule has 6 rings (SSSR count). The van der Waals surface area contributed by atoms with Gasteiger partial charge in [-0.15, -0.1) is 0 Å². The number of benzene rings is 2. The smallest absolute Gasteiger partial charge is 0.311 e. The van der Waals surface area contributed by atoms with Gasteiger partial charge < -0.3 is 28.4 Å². The minimum atomic E-state index is -0.830. The molecule has 0 aromatic heterocycles. The van der Waals surface area contributed by atoms with E-state index in [1.807, 2.05) is 64.1 Å². The van der Waals surface area contributed by atoms with E-state index in [2.05, 4.69) is 29.2 Å². The van der Waals surface area contributed by atoms with Crippen LogP contribution < -0.4 is 0 Å². The van der Waals surface area contributed by atoms with Gasteiger partial charge in [0, 0.05) is 25.6 Å². The minimum Gasteiger partial charge on any atom is -0.456 e. The molecule has 0 N–H and O–H groups in total. The lowest BCUT2D eigenvalue weighted by molar-refractivity contribution is -0.236. The van der Waals surface area contributed by atoms with Crippen molar-refractivity contribution in [2.45, 2.75) is 82.4 Å². The lowest BCUT2D eigenvalue weighted by atomic mass is 9.89. The summed E-state index contributed by atoms with van der Waals surface area (Å²) < 4.78 is 36.6. The molecule has 8 heteroatoms. The van der Waals surface area contributed by atoms with Gasteiger partial charge in [0.15, 0.2) is 30.1 Å². The van der Waals surface area contributed by atoms with Crippen molar-refractivity contribution < 1.29 is 33.2 Å². The van der Waals surface area contributed by atoms with Gasteiger partial charge in [-0.05, 0) is 38.8 Å². The summed E-state index contributed by atoms with van der Waals surface area (Å²) in [5.74, 6) is -2.12. The highest BCUT2D eigenvalue weighted by Gasteiger charge is 2.60. The number of hydrogen-bond donors (Lipinski definition) is 0. The van der Waals surface area contributed by atoms with Crippen LogP contribution in [0.1, 0.15) is 44.7 Å². The number of ether oxygens (including phenoxy) is 6. The molecule has 0 radical (unpaired) electrons. The molecular formula is C30H37NO7. The molecule has 4 aliphatic heterocycles. The van der Waals surface area contributed by atoms with Crippen molar-refractivity contribution in [1.29, 1.82) is 0 Å². The van der Waals surface area contributed by atoms with Gasteiger partial charge in [-0.2, -0.15) is 0 Å². The Morgan fingerprint density at radius 3 is 2.29 bits per heavy atom. The van der Waals surface area contributed by atoms with Gasteiger partial charge in [0.1, 0.15) is 12.2 Å². The van der Waals surface area contributed by atoms with Crippen LogP contribution in [0.5, 0.6) is 0 Å². The van der Waals surface area contributed by atoms with Gasteiger partial charge >= 0.3 is 5.97 Å². The van der Waals surface area contributed by atoms with Crippen LogP contribution in [0.15, 0.2) is 60.7 Å². The molecule has 2 aromatic rings. The van der Waals surface area contributed by atoms with Crippen LogP contribution >= 0.6 is 0 Å². The van der Waals surface area contributed by atoms with Crippen LogP contribution in [0.2, 0.25) is 0 Å². The van der Waals surface area contributed by atoms with Crippen molar-refractivity contribution in [2.75, 3.05) is 19.7 Å². The summed E-state index contributed by atoms with van der Waals surface area (Å²) in [6, 6.07) is 20.6. The summed E-state index contributed by atoms with van der Waals surface area (Å²) in [7, 11) is 0. The maximum Gasteiger partial charge on any atom is 0.311 e. The lowest BCUT2D eigenvalue weighted by Crippen LogP contribution is -2.46. The van der Waals surface area contributed by atoms with Gasteiger partial charge in [0.25, 0.3) is 0 Å². The molecule has 4 fully saturated rings. The second-order valence-corrected chi connectivity index (χ2v) is 11.6. The number of likely N-dealkylation sites (tertiary alicyclic amines) is 1. The van der Waals surface area contributed by atoms with Crippen LogP contribution in [0.3, 0.4) is 0 Å². The van der Waals surface area contributed by atoms with Crippen molar-refractivity contribution in [2.24, 2.45) is 5.92 Å². The van der Waals surface area contributed by atoms with E-state index in [-0.39, 0.29) is 17.8 Å². The number of esters is 1. The molecule has 204 valence electrons. The van der Waals surface area contributed by atoms with Crippen LogP contribution in [0.4, 0.5) is 0 Å². The van der Waals surface area contributed by atoms with Gasteiger partial charge in [-0.1, -0.05) is 60.7 Å². The Labute approximate surface area is 224 Å². The second kappa shape index (κ2) is 10.0. The largest absolute Gasteiger partial charge is 0.456 e. The highest BCUT2D eigenvalue weighted by Crippen LogP contribution is 2.43. The summed E-state index contributed by atoms with van der Waals surface area (Å²) in [5, 5.41) is 0. The SMILES string of the molecule is CC1(C)O[C@@H]2O[C@H]([C@H]3COC(C)(C)O3)[C@H](OC(=O)[C@@H]3CN(Cc4ccccc4)C[C@H]3c3ccccc3)[C@@H]2O1. The third-order valence-corrected chi connectivity index (χ3v) is 7.85. The number of hydrogen-bond acceptors (Lipinski definition) is 8. The molecular weight excluding hydrogens is 486 g/mol. The molecule has 0 amide bonds. The van der Waals surface area contributed by atoms with Crippen molar-refractivity contribution in [3.8, 4) is 0 Å². The maximum absolute atomic E-state index is 13.9. The monoisotopic (exact) mass is 523 g/mol. The predicted molar refractivity (Wildman–Crippen MR) is 138 cm³/mol. The fourth-order valence-electron chi connectivity index (χ4n) is 6.17. The van der Waals surface area contributed by atoms with E-state index in [1.165, 1.54) is 5.56 Å². The Morgan fingerprint density at radius 1 is 0.895 bits per heavy atom. The molecule has 4 saturated heterocycles. The molecule has 0 bridgehead atoms. The molecule has 2 aromatic carbocycles. The van der Waals surface area contributed by atoms with Gasteiger partial charge in [-0.3, -0.25) is 9.69 Å². The van der Waals surface area contributed by atoms with E-state index in [4.69, 9.17) is 28.4 Å². The summed E-state index contributed by atoms with van der Waals surface area (Å²) in [5.41, 5.74) is 2.36. The molecule has 0 saturated carbocycles. The molecule has 0 aliphatic carbocycles. The first kappa shape index (κ1) is 25.9. The maximum atomic E-state index is 13.9. The average molecular weight is 524 g/mol. The number of fused-ring (bicyclic) bond motifs is 1. The zero-order chi connectivity index (χ0) is 26.5. The fourth-order valence-corrected chi connectivity index (χ4v) is 6.17. The Kier molecular flexibility index (Phi) is 6.83. The highest BCUT2D eigenvalue weighted by molar-refractivity contribution is 5.75. The van der Waals surface area contributed by atoms with E-state index in [9.17, 15) is 4.79 Å². The minimum absolute atomic E-state index is 0.0196. The van der Waals surface area contributed by atoms with Crippen molar-refractivity contribution in [3.63, 3.8) is 0 Å². The quantitative estimate of drug-likeness (QED) is 0.529. The first-order valence-corrected chi connectivity index (χ1v) is 13.5. The lowest BCUT2D eigenvalue weighted by Gasteiger charge is -2.30. The van der Waals surface area contributed by atoms with Crippen LogP contribution in [-0.4, -0.2) is 72.8 Å². The molecule has 4 aliphatic rings. The van der Waals surface area contributed by atoms with Gasteiger partial charge in [0.2, 0.25) is 0 Å². The topological polar surface area (TPSA) is 75.7 Å². The Balaban J connectivity index is 1.23. The second-order valence-electron chi connectivity index (χ2n) is 11.6. The summed E-state index contributed by atoms with van der Waals surface area (Å²) in [4.78, 5) is 16.3. The van der Waals surface area contributed by atoms with Crippen LogP contribution in [-0.2, 0) is 39.8 Å². The summed E-state index contributed by atoms with van der Waals surface area (Å²) in [6.07, 6.45) is -2.79. The Hall–Kier alpha value is -2.33. The molecule has 0 spiro atoms. The third-order valence-electron chi connectivity index (χ3n) is 7.85. The molecule has 0 unspecified atom stereocenters. The fraction of sp³-hybridized carbons (Fsp3) is 0.567. The van der Waals surface area contributed by atoms with Crippen molar-refractivity contribution in [3.05, 3.63) is 71.8 Å². The van der Waals surface area contributed by atoms with Crippen molar-refractivity contribution in [1.82, 2.24) is 4.90 Å². The van der Waals surface area contributed by atoms with E-state index in [1.54, 1.807) is 0 Å². The third kappa shape index (κ3) is 5.26. The standard InChI is InChI=1S/C30H37NO7/c1-29(2)33-18-23(36-29)24-25(26-28(35-24)38-30(3,4)37-26)34-27(32)22-17-31(15-19-11-7-5-8-12-19)16-21(22)20-13-9-6-10-14-20/h5-14,21-26,28H,15-18H2,1-4H3/t21-,22+,23+,24+,25-,26-,28-/m0/s1. The van der Waals surface area contributed by atoms with Crippen LogP contribution in [0.25, 0.3) is 0 Å². The summed E-state index contributed by atoms with van der Waals surface area (Å²) in [6.45, 7) is 9.91. The molecule has 7 atom stereocenters. The summed E-state index contributed by atoms with van der Waals surface area (Å²) >= 11 is 0. The van der Waals surface area contributed by atoms with E-state index >= 15 is 0 Å². The number of carbonyl (C=O) groups is 1. The van der Waals surface area contributed by atoms with Crippen LogP contribution in [0, 0.1) is 5.92 Å². The average Bonchev–Trinajstić information content (AvgIpc) is 3.62. The van der Waals surface area contributed by atoms with Gasteiger partial charge in [0.05, 0.1) is 12.5 Å². The van der Waals surface area contributed by atoms with E-state index < -0.39 is 42.3 Å². The molecule has 8 nitrogen and oxygen atoms in total. The normalized spacial score (nSPS) is 35.8. The van der Waals surface area contributed by atoms with E-state index in [0.29, 0.717) is 13.2 Å². The number of nitrogens with zero attached hydrogens (tertiary/aromatic N) is 1. The zero-order valence-electron chi connectivity index (χ0n) is 22.4. The van der Waals surface area contributed by atoms with Crippen molar-refractivity contribution >= 4 is 5.97 Å². The predicted octanol–water partition coefficient (Wildman–Crippen LogP) is 3.84. The van der Waals surface area contributed by atoms with E-state index in [0.717, 1.165) is 18.7 Å².